The second kappa shape index (κ2) is 5.53. The summed E-state index contributed by atoms with van der Waals surface area (Å²) >= 11 is 0. The van der Waals surface area contributed by atoms with E-state index in [0.29, 0.717) is 18.7 Å². The third-order valence-corrected chi connectivity index (χ3v) is 4.47. The minimum absolute atomic E-state index is 0.0865. The van der Waals surface area contributed by atoms with Crippen molar-refractivity contribution in [1.29, 1.82) is 0 Å². The van der Waals surface area contributed by atoms with Gasteiger partial charge < -0.3 is 9.84 Å². The summed E-state index contributed by atoms with van der Waals surface area (Å²) in [5.74, 6) is -0.0397. The first-order valence-corrected chi connectivity index (χ1v) is 7.32. The first-order chi connectivity index (χ1) is 10.4. The molecular formula is C13H17F3N4O2. The monoisotopic (exact) mass is 318 g/mol. The maximum atomic E-state index is 12.7. The van der Waals surface area contributed by atoms with Crippen LogP contribution in [0.4, 0.5) is 13.2 Å². The summed E-state index contributed by atoms with van der Waals surface area (Å²) in [5, 5.41) is 9.02. The van der Waals surface area contributed by atoms with E-state index in [1.165, 1.54) is 6.39 Å². The Bertz CT molecular complexity index is 526. The van der Waals surface area contributed by atoms with Crippen molar-refractivity contribution < 1.29 is 22.5 Å². The van der Waals surface area contributed by atoms with E-state index < -0.39 is 29.7 Å². The number of nitrogens with one attached hydrogen (secondary N) is 2. The molecule has 3 rings (SSSR count). The van der Waals surface area contributed by atoms with Gasteiger partial charge >= 0.3 is 6.18 Å². The van der Waals surface area contributed by atoms with Crippen LogP contribution in [-0.4, -0.2) is 34.3 Å². The summed E-state index contributed by atoms with van der Waals surface area (Å²) in [6, 6.07) is -2.45. The van der Waals surface area contributed by atoms with E-state index in [-0.39, 0.29) is 12.8 Å². The Hall–Kier alpha value is -1.64. The van der Waals surface area contributed by atoms with Gasteiger partial charge in [0.25, 0.3) is 0 Å². The predicted molar refractivity (Wildman–Crippen MR) is 68.6 cm³/mol. The fraction of sp³-hybridized carbons (Fsp3) is 0.769. The van der Waals surface area contributed by atoms with Gasteiger partial charge in [-0.1, -0.05) is 18.0 Å². The second-order valence-electron chi connectivity index (χ2n) is 5.92. The van der Waals surface area contributed by atoms with Crippen LogP contribution in [0.1, 0.15) is 44.3 Å². The van der Waals surface area contributed by atoms with Gasteiger partial charge in [0.2, 0.25) is 12.3 Å². The highest BCUT2D eigenvalue weighted by molar-refractivity contribution is 5.83. The Balaban J connectivity index is 1.68. The molecule has 1 saturated carbocycles. The van der Waals surface area contributed by atoms with Crippen LogP contribution in [0.2, 0.25) is 0 Å². The van der Waals surface area contributed by atoms with Crippen molar-refractivity contribution in [2.24, 2.45) is 0 Å². The van der Waals surface area contributed by atoms with E-state index >= 15 is 0 Å². The first kappa shape index (κ1) is 15.3. The smallest absolute Gasteiger partial charge is 0.343 e. The molecule has 9 heteroatoms. The van der Waals surface area contributed by atoms with Gasteiger partial charge in [0.1, 0.15) is 11.6 Å². The summed E-state index contributed by atoms with van der Waals surface area (Å²) in [4.78, 5) is 16.4. The molecule has 1 saturated heterocycles. The molecule has 0 aromatic carbocycles. The summed E-state index contributed by atoms with van der Waals surface area (Å²) < 4.78 is 42.8. The Morgan fingerprint density at radius 1 is 1.36 bits per heavy atom. The first-order valence-electron chi connectivity index (χ1n) is 7.32. The molecule has 2 fully saturated rings. The number of hydrogen-bond acceptors (Lipinski definition) is 5. The van der Waals surface area contributed by atoms with Crippen LogP contribution in [0.5, 0.6) is 0 Å². The minimum atomic E-state index is -4.33. The Kier molecular flexibility index (Phi) is 3.84. The van der Waals surface area contributed by atoms with Crippen molar-refractivity contribution in [3.63, 3.8) is 0 Å². The molecule has 22 heavy (non-hydrogen) atoms. The van der Waals surface area contributed by atoms with Gasteiger partial charge in [0.15, 0.2) is 5.82 Å². The number of carbonyl (C=O) groups excluding carboxylic acids is 1. The lowest BCUT2D eigenvalue weighted by atomic mass is 9.96. The van der Waals surface area contributed by atoms with Crippen LogP contribution in [-0.2, 0) is 10.3 Å². The summed E-state index contributed by atoms with van der Waals surface area (Å²) in [6.07, 6.45) is 0.0650. The van der Waals surface area contributed by atoms with Gasteiger partial charge in [-0.15, -0.1) is 0 Å². The predicted octanol–water partition coefficient (Wildman–Crippen LogP) is 1.64. The SMILES string of the molecule is O=C(NC1(c2ncon2)CCCC1)C1CCC(C(F)(F)F)N1. The van der Waals surface area contributed by atoms with Gasteiger partial charge in [0, 0.05) is 0 Å². The van der Waals surface area contributed by atoms with Crippen molar-refractivity contribution in [3.8, 4) is 0 Å². The number of aromatic nitrogens is 2. The summed E-state index contributed by atoms with van der Waals surface area (Å²) in [7, 11) is 0. The average Bonchev–Trinajstić information content (AvgIpc) is 3.19. The van der Waals surface area contributed by atoms with Crippen molar-refractivity contribution in [3.05, 3.63) is 12.2 Å². The zero-order valence-electron chi connectivity index (χ0n) is 11.8. The van der Waals surface area contributed by atoms with Crippen LogP contribution < -0.4 is 10.6 Å². The van der Waals surface area contributed by atoms with Crippen LogP contribution in [0, 0.1) is 0 Å². The van der Waals surface area contributed by atoms with Crippen LogP contribution in [0.25, 0.3) is 0 Å². The molecule has 0 spiro atoms. The third-order valence-electron chi connectivity index (χ3n) is 4.47. The fourth-order valence-electron chi connectivity index (χ4n) is 3.30. The topological polar surface area (TPSA) is 80.1 Å². The normalized spacial score (nSPS) is 28.0. The van der Waals surface area contributed by atoms with Gasteiger partial charge in [-0.3, -0.25) is 10.1 Å². The molecule has 122 valence electrons. The largest absolute Gasteiger partial charge is 0.403 e. The maximum Gasteiger partial charge on any atom is 0.403 e. The highest BCUT2D eigenvalue weighted by Gasteiger charge is 2.47. The van der Waals surface area contributed by atoms with Gasteiger partial charge in [-0.25, -0.2) is 0 Å². The van der Waals surface area contributed by atoms with Crippen molar-refractivity contribution in [1.82, 2.24) is 20.8 Å². The Morgan fingerprint density at radius 2 is 2.09 bits per heavy atom. The average molecular weight is 318 g/mol. The lowest BCUT2D eigenvalue weighted by Gasteiger charge is -2.28. The summed E-state index contributed by atoms with van der Waals surface area (Å²) in [6.45, 7) is 0. The summed E-state index contributed by atoms with van der Waals surface area (Å²) in [5.41, 5.74) is -0.720. The van der Waals surface area contributed by atoms with Crippen LogP contribution in [0.3, 0.4) is 0 Å². The molecule has 6 nitrogen and oxygen atoms in total. The zero-order chi connectivity index (χ0) is 15.8. The van der Waals surface area contributed by atoms with E-state index in [9.17, 15) is 18.0 Å². The standard InChI is InChI=1S/C13H17F3N4O2/c14-13(15,16)9-4-3-8(18-9)10(21)19-12(5-1-2-6-12)11-17-7-22-20-11/h7-9,18H,1-6H2,(H,19,21). The Morgan fingerprint density at radius 3 is 2.64 bits per heavy atom. The zero-order valence-corrected chi connectivity index (χ0v) is 11.8. The molecule has 0 bridgehead atoms. The molecule has 1 aromatic heterocycles. The van der Waals surface area contributed by atoms with Gasteiger partial charge in [-0.05, 0) is 25.7 Å². The number of alkyl halides is 3. The van der Waals surface area contributed by atoms with E-state index in [0.717, 1.165) is 12.8 Å². The molecule has 1 aromatic rings. The van der Waals surface area contributed by atoms with Crippen LogP contribution in [0.15, 0.2) is 10.9 Å². The minimum Gasteiger partial charge on any atom is -0.343 e. The highest BCUT2D eigenvalue weighted by atomic mass is 19.4. The number of rotatable bonds is 3. The van der Waals surface area contributed by atoms with Crippen molar-refractivity contribution >= 4 is 5.91 Å². The van der Waals surface area contributed by atoms with Gasteiger partial charge in [-0.2, -0.15) is 18.2 Å². The van der Waals surface area contributed by atoms with E-state index in [1.54, 1.807) is 0 Å². The molecule has 2 unspecified atom stereocenters. The number of hydrogen-bond donors (Lipinski definition) is 2. The second-order valence-corrected chi connectivity index (χ2v) is 5.92. The molecule has 2 aliphatic rings. The maximum absolute atomic E-state index is 12.7. The molecular weight excluding hydrogens is 301 g/mol. The molecule has 0 radical (unpaired) electrons. The van der Waals surface area contributed by atoms with Crippen molar-refractivity contribution in [2.45, 2.75) is 62.3 Å². The third kappa shape index (κ3) is 2.81. The molecule has 1 aliphatic carbocycles. The lowest BCUT2D eigenvalue weighted by Crippen LogP contribution is -2.53. The quantitative estimate of drug-likeness (QED) is 0.885. The van der Waals surface area contributed by atoms with Crippen molar-refractivity contribution in [2.75, 3.05) is 0 Å². The number of halogens is 3. The molecule has 1 aliphatic heterocycles. The highest BCUT2D eigenvalue weighted by Crippen LogP contribution is 2.37. The van der Waals surface area contributed by atoms with E-state index in [2.05, 4.69) is 20.8 Å². The van der Waals surface area contributed by atoms with E-state index in [4.69, 9.17) is 4.52 Å². The molecule has 2 heterocycles. The molecule has 2 atom stereocenters. The number of carbonyl (C=O) groups is 1. The fourth-order valence-corrected chi connectivity index (χ4v) is 3.30. The van der Waals surface area contributed by atoms with Crippen LogP contribution >= 0.6 is 0 Å². The van der Waals surface area contributed by atoms with Gasteiger partial charge in [0.05, 0.1) is 6.04 Å². The van der Waals surface area contributed by atoms with E-state index in [1.807, 2.05) is 0 Å². The number of nitrogens with zero attached hydrogens (tertiary/aromatic N) is 2. The molecule has 2 N–H and O–H groups in total. The Labute approximate surface area is 124 Å². The number of amides is 1. The molecule has 1 amide bonds. The lowest BCUT2D eigenvalue weighted by molar-refractivity contribution is -0.153.